The second-order valence-electron chi connectivity index (χ2n) is 6.62. The monoisotopic (exact) mass is 386 g/mol. The number of esters is 2. The molecule has 0 atom stereocenters. The molecule has 4 nitrogen and oxygen atoms in total. The first-order valence-electron chi connectivity index (χ1n) is 9.35. The average molecular weight is 386 g/mol. The highest BCUT2D eigenvalue weighted by Gasteiger charge is 2.06. The van der Waals surface area contributed by atoms with E-state index in [2.05, 4.69) is 6.58 Å². The van der Waals surface area contributed by atoms with Crippen molar-refractivity contribution in [3.63, 3.8) is 0 Å². The van der Waals surface area contributed by atoms with E-state index in [-0.39, 0.29) is 5.97 Å². The van der Waals surface area contributed by atoms with Crippen LogP contribution in [-0.2, 0) is 9.59 Å². The first-order valence-corrected chi connectivity index (χ1v) is 9.35. The van der Waals surface area contributed by atoms with Crippen LogP contribution in [0.4, 0.5) is 0 Å². The van der Waals surface area contributed by atoms with Crippen molar-refractivity contribution in [1.82, 2.24) is 0 Å². The molecular formula is C25H22O4. The van der Waals surface area contributed by atoms with Crippen LogP contribution in [0.2, 0.25) is 0 Å². The molecule has 0 radical (unpaired) electrons. The van der Waals surface area contributed by atoms with Gasteiger partial charge in [-0.25, -0.2) is 4.79 Å². The van der Waals surface area contributed by atoms with Gasteiger partial charge < -0.3 is 9.47 Å². The zero-order chi connectivity index (χ0) is 20.8. The SMILES string of the molecule is C=C(C)C(=O)Oc1ccc(-c2ccc(-c3ccc(OC(=O)CC)cc3)cc2)cc1. The molecule has 0 aliphatic heterocycles. The highest BCUT2D eigenvalue weighted by Crippen LogP contribution is 2.27. The molecule has 0 aromatic heterocycles. The lowest BCUT2D eigenvalue weighted by molar-refractivity contribution is -0.134. The molecule has 0 heterocycles. The van der Waals surface area contributed by atoms with Crippen LogP contribution >= 0.6 is 0 Å². The molecule has 0 fully saturated rings. The van der Waals surface area contributed by atoms with Gasteiger partial charge in [-0.3, -0.25) is 4.79 Å². The van der Waals surface area contributed by atoms with E-state index in [4.69, 9.17) is 9.47 Å². The highest BCUT2D eigenvalue weighted by atomic mass is 16.5. The van der Waals surface area contributed by atoms with E-state index >= 15 is 0 Å². The fraction of sp³-hybridized carbons (Fsp3) is 0.120. The fourth-order valence-corrected chi connectivity index (χ4v) is 2.68. The van der Waals surface area contributed by atoms with Crippen LogP contribution in [0.15, 0.2) is 84.9 Å². The molecule has 0 N–H and O–H groups in total. The lowest BCUT2D eigenvalue weighted by atomic mass is 10.0. The van der Waals surface area contributed by atoms with Crippen LogP contribution in [0.5, 0.6) is 11.5 Å². The van der Waals surface area contributed by atoms with Gasteiger partial charge in [-0.2, -0.15) is 0 Å². The van der Waals surface area contributed by atoms with E-state index < -0.39 is 5.97 Å². The van der Waals surface area contributed by atoms with Crippen LogP contribution in [0.25, 0.3) is 22.3 Å². The molecule has 3 rings (SSSR count). The Morgan fingerprint density at radius 2 is 1.03 bits per heavy atom. The van der Waals surface area contributed by atoms with Gasteiger partial charge in [-0.05, 0) is 53.4 Å². The summed E-state index contributed by atoms with van der Waals surface area (Å²) >= 11 is 0. The van der Waals surface area contributed by atoms with Gasteiger partial charge in [0.05, 0.1) is 0 Å². The van der Waals surface area contributed by atoms with Gasteiger partial charge in [-0.1, -0.05) is 62.0 Å². The summed E-state index contributed by atoms with van der Waals surface area (Å²) < 4.78 is 10.4. The van der Waals surface area contributed by atoms with Crippen molar-refractivity contribution >= 4 is 11.9 Å². The molecule has 0 aliphatic rings. The molecule has 0 spiro atoms. The topological polar surface area (TPSA) is 52.6 Å². The second-order valence-corrected chi connectivity index (χ2v) is 6.62. The van der Waals surface area contributed by atoms with Gasteiger partial charge in [0.25, 0.3) is 0 Å². The minimum atomic E-state index is -0.433. The van der Waals surface area contributed by atoms with Gasteiger partial charge in [0.15, 0.2) is 0 Å². The molecule has 29 heavy (non-hydrogen) atoms. The normalized spacial score (nSPS) is 10.3. The summed E-state index contributed by atoms with van der Waals surface area (Å²) in [5.74, 6) is 0.354. The molecule has 0 saturated heterocycles. The quantitative estimate of drug-likeness (QED) is 0.304. The van der Waals surface area contributed by atoms with Gasteiger partial charge in [0.2, 0.25) is 0 Å². The third kappa shape index (κ3) is 5.20. The smallest absolute Gasteiger partial charge is 0.338 e. The van der Waals surface area contributed by atoms with Crippen molar-refractivity contribution in [2.24, 2.45) is 0 Å². The maximum Gasteiger partial charge on any atom is 0.338 e. The highest BCUT2D eigenvalue weighted by molar-refractivity contribution is 5.88. The summed E-state index contributed by atoms with van der Waals surface area (Å²) in [6.45, 7) is 6.95. The Balaban J connectivity index is 1.70. The van der Waals surface area contributed by atoms with Crippen molar-refractivity contribution in [1.29, 1.82) is 0 Å². The Kier molecular flexibility index (Phi) is 6.25. The van der Waals surface area contributed by atoms with Crippen molar-refractivity contribution in [2.75, 3.05) is 0 Å². The predicted octanol–water partition coefficient (Wildman–Crippen LogP) is 5.82. The zero-order valence-corrected chi connectivity index (χ0v) is 16.5. The maximum absolute atomic E-state index is 11.6. The Hall–Kier alpha value is -3.66. The number of hydrogen-bond acceptors (Lipinski definition) is 4. The number of rotatable bonds is 6. The van der Waals surface area contributed by atoms with E-state index in [0.717, 1.165) is 22.3 Å². The van der Waals surface area contributed by atoms with Gasteiger partial charge in [-0.15, -0.1) is 0 Å². The first-order chi connectivity index (χ1) is 14.0. The van der Waals surface area contributed by atoms with E-state index in [1.165, 1.54) is 0 Å². The molecule has 0 unspecified atom stereocenters. The number of benzene rings is 3. The van der Waals surface area contributed by atoms with E-state index in [1.54, 1.807) is 38.1 Å². The van der Waals surface area contributed by atoms with Gasteiger partial charge >= 0.3 is 11.9 Å². The predicted molar refractivity (Wildman–Crippen MR) is 114 cm³/mol. The molecule has 3 aromatic rings. The van der Waals surface area contributed by atoms with Crippen molar-refractivity contribution < 1.29 is 19.1 Å². The molecule has 0 saturated carbocycles. The van der Waals surface area contributed by atoms with Crippen molar-refractivity contribution in [3.8, 4) is 33.8 Å². The third-order valence-corrected chi connectivity index (χ3v) is 4.34. The number of carbonyl (C=O) groups excluding carboxylic acids is 2. The number of hydrogen-bond donors (Lipinski definition) is 0. The van der Waals surface area contributed by atoms with Crippen molar-refractivity contribution in [3.05, 3.63) is 84.9 Å². The maximum atomic E-state index is 11.6. The molecule has 0 amide bonds. The van der Waals surface area contributed by atoms with Crippen LogP contribution in [0.1, 0.15) is 20.3 Å². The third-order valence-electron chi connectivity index (χ3n) is 4.34. The molecule has 0 bridgehead atoms. The van der Waals surface area contributed by atoms with Crippen LogP contribution < -0.4 is 9.47 Å². The van der Waals surface area contributed by atoms with E-state index in [0.29, 0.717) is 23.5 Å². The summed E-state index contributed by atoms with van der Waals surface area (Å²) in [6.07, 6.45) is 0.348. The fourth-order valence-electron chi connectivity index (χ4n) is 2.68. The average Bonchev–Trinajstić information content (AvgIpc) is 2.75. The second kappa shape index (κ2) is 9.02. The van der Waals surface area contributed by atoms with Crippen molar-refractivity contribution in [2.45, 2.75) is 20.3 Å². The molecule has 3 aromatic carbocycles. The van der Waals surface area contributed by atoms with E-state index in [1.807, 2.05) is 48.5 Å². The summed E-state index contributed by atoms with van der Waals surface area (Å²) in [5, 5.41) is 0. The lowest BCUT2D eigenvalue weighted by Crippen LogP contribution is -2.07. The summed E-state index contributed by atoms with van der Waals surface area (Å²) in [6, 6.07) is 22.9. The first kappa shape index (κ1) is 20.1. The van der Waals surface area contributed by atoms with Crippen LogP contribution in [0.3, 0.4) is 0 Å². The largest absolute Gasteiger partial charge is 0.427 e. The zero-order valence-electron chi connectivity index (χ0n) is 16.5. The Morgan fingerprint density at radius 3 is 1.38 bits per heavy atom. The Morgan fingerprint density at radius 1 is 0.690 bits per heavy atom. The summed E-state index contributed by atoms with van der Waals surface area (Å²) in [5.41, 5.74) is 4.54. The van der Waals surface area contributed by atoms with Crippen LogP contribution in [0, 0.1) is 0 Å². The Labute approximate surface area is 170 Å². The van der Waals surface area contributed by atoms with E-state index in [9.17, 15) is 9.59 Å². The van der Waals surface area contributed by atoms with Gasteiger partial charge in [0, 0.05) is 12.0 Å². The minimum Gasteiger partial charge on any atom is -0.427 e. The number of ether oxygens (including phenoxy) is 2. The minimum absolute atomic E-state index is 0.248. The molecule has 4 heteroatoms. The lowest BCUT2D eigenvalue weighted by Gasteiger charge is -2.08. The molecule has 0 aliphatic carbocycles. The van der Waals surface area contributed by atoms with Crippen LogP contribution in [-0.4, -0.2) is 11.9 Å². The standard InChI is InChI=1S/C25H22O4/c1-4-24(26)28-22-13-9-20(10-14-22)18-5-7-19(8-6-18)21-11-15-23(16-12-21)29-25(27)17(2)3/h5-16H,2,4H2,1,3H3. The molecular weight excluding hydrogens is 364 g/mol. The Bertz CT molecular complexity index is 1010. The number of carbonyl (C=O) groups is 2. The molecule has 146 valence electrons. The summed E-state index contributed by atoms with van der Waals surface area (Å²) in [4.78, 5) is 22.9. The van der Waals surface area contributed by atoms with Gasteiger partial charge in [0.1, 0.15) is 11.5 Å². The summed E-state index contributed by atoms with van der Waals surface area (Å²) in [7, 11) is 0.